The van der Waals surface area contributed by atoms with Gasteiger partial charge in [-0.15, -0.1) is 0 Å². The number of nitrogens with two attached hydrogens (primary N) is 1. The summed E-state index contributed by atoms with van der Waals surface area (Å²) in [5, 5.41) is 4.70. The Hall–Kier alpha value is -3.46. The third kappa shape index (κ3) is 3.69. The standard InChI is InChI=1S/C23H27N5O4/c1-25-8-7-23(13-29)6-3-9-28(12-23)21-18-15-5-4-14(22(31)32-2)10-17(15)27-19(18)16(11-26-21)20(24)30/h4-5,10-11,13,25,27H,3,6-9,12H2,1-2H3,(H2,24,30). The maximum atomic E-state index is 12.1. The highest BCUT2D eigenvalue weighted by Crippen LogP contribution is 2.39. The Balaban J connectivity index is 1.88. The van der Waals surface area contributed by atoms with Gasteiger partial charge >= 0.3 is 5.97 Å². The van der Waals surface area contributed by atoms with Crippen LogP contribution in [-0.4, -0.2) is 61.9 Å². The molecule has 0 radical (unpaired) electrons. The fourth-order valence-electron chi connectivity index (χ4n) is 4.63. The second-order valence-corrected chi connectivity index (χ2v) is 8.35. The van der Waals surface area contributed by atoms with Gasteiger partial charge in [-0.2, -0.15) is 0 Å². The van der Waals surface area contributed by atoms with Gasteiger partial charge in [0.1, 0.15) is 12.1 Å². The number of nitrogens with one attached hydrogen (secondary N) is 2. The number of carbonyl (C=O) groups is 3. The van der Waals surface area contributed by atoms with Crippen LogP contribution in [0, 0.1) is 5.41 Å². The predicted octanol–water partition coefficient (Wildman–Crippen LogP) is 2.00. The zero-order valence-corrected chi connectivity index (χ0v) is 18.2. The van der Waals surface area contributed by atoms with Gasteiger partial charge in [-0.25, -0.2) is 9.78 Å². The van der Waals surface area contributed by atoms with Crippen LogP contribution in [0.3, 0.4) is 0 Å². The number of pyridine rings is 1. The first kappa shape index (κ1) is 21.8. The lowest BCUT2D eigenvalue weighted by Gasteiger charge is -2.40. The predicted molar refractivity (Wildman–Crippen MR) is 122 cm³/mol. The molecule has 0 saturated carbocycles. The van der Waals surface area contributed by atoms with Crippen LogP contribution in [0.5, 0.6) is 0 Å². The summed E-state index contributed by atoms with van der Waals surface area (Å²) in [6.07, 6.45) is 4.97. The molecule has 32 heavy (non-hydrogen) atoms. The second-order valence-electron chi connectivity index (χ2n) is 8.35. The van der Waals surface area contributed by atoms with Crippen molar-refractivity contribution in [3.8, 4) is 0 Å². The summed E-state index contributed by atoms with van der Waals surface area (Å²) >= 11 is 0. The number of esters is 1. The number of benzene rings is 1. The van der Waals surface area contributed by atoms with Gasteiger partial charge in [0.05, 0.1) is 29.1 Å². The summed E-state index contributed by atoms with van der Waals surface area (Å²) in [4.78, 5) is 46.1. The van der Waals surface area contributed by atoms with Crippen LogP contribution < -0.4 is 16.0 Å². The van der Waals surface area contributed by atoms with Gasteiger partial charge < -0.3 is 30.5 Å². The molecule has 1 amide bonds. The highest BCUT2D eigenvalue weighted by molar-refractivity contribution is 6.19. The monoisotopic (exact) mass is 437 g/mol. The van der Waals surface area contributed by atoms with Crippen LogP contribution in [0.4, 0.5) is 5.82 Å². The van der Waals surface area contributed by atoms with Gasteiger partial charge in [0, 0.05) is 35.6 Å². The number of aldehydes is 1. The number of primary amides is 1. The molecular weight excluding hydrogens is 410 g/mol. The lowest BCUT2D eigenvalue weighted by molar-refractivity contribution is -0.117. The number of ether oxygens (including phenoxy) is 1. The minimum Gasteiger partial charge on any atom is -0.465 e. The Morgan fingerprint density at radius 2 is 2.22 bits per heavy atom. The largest absolute Gasteiger partial charge is 0.465 e. The van der Waals surface area contributed by atoms with E-state index in [1.165, 1.54) is 13.3 Å². The van der Waals surface area contributed by atoms with Crippen LogP contribution in [0.1, 0.15) is 40.0 Å². The van der Waals surface area contributed by atoms with Crippen LogP contribution in [-0.2, 0) is 9.53 Å². The highest BCUT2D eigenvalue weighted by atomic mass is 16.5. The number of nitrogens with zero attached hydrogens (tertiary/aromatic N) is 2. The molecule has 3 heterocycles. The topological polar surface area (TPSA) is 130 Å². The molecule has 1 aromatic carbocycles. The fraction of sp³-hybridized carbons (Fsp3) is 0.391. The van der Waals surface area contributed by atoms with Crippen molar-refractivity contribution in [1.29, 1.82) is 0 Å². The van der Waals surface area contributed by atoms with E-state index in [-0.39, 0.29) is 5.56 Å². The molecule has 1 fully saturated rings. The van der Waals surface area contributed by atoms with Crippen LogP contribution in [0.2, 0.25) is 0 Å². The number of rotatable bonds is 7. The first-order valence-electron chi connectivity index (χ1n) is 10.6. The Labute approximate surface area is 185 Å². The van der Waals surface area contributed by atoms with Gasteiger partial charge in [0.25, 0.3) is 5.91 Å². The third-order valence-corrected chi connectivity index (χ3v) is 6.32. The van der Waals surface area contributed by atoms with Crippen molar-refractivity contribution in [2.45, 2.75) is 19.3 Å². The number of aromatic nitrogens is 2. The number of methoxy groups -OCH3 is 1. The molecule has 168 valence electrons. The lowest BCUT2D eigenvalue weighted by Crippen LogP contribution is -2.46. The Morgan fingerprint density at radius 3 is 2.91 bits per heavy atom. The number of hydrogen-bond donors (Lipinski definition) is 3. The number of aromatic amines is 1. The summed E-state index contributed by atoms with van der Waals surface area (Å²) in [6, 6.07) is 5.18. The van der Waals surface area contributed by atoms with E-state index in [2.05, 4.69) is 20.2 Å². The molecular formula is C23H27N5O4. The molecule has 4 rings (SSSR count). The van der Waals surface area contributed by atoms with Crippen LogP contribution in [0.25, 0.3) is 21.8 Å². The first-order valence-corrected chi connectivity index (χ1v) is 10.6. The Kier molecular flexibility index (Phi) is 5.84. The molecule has 0 bridgehead atoms. The molecule has 4 N–H and O–H groups in total. The van der Waals surface area contributed by atoms with Crippen molar-refractivity contribution in [1.82, 2.24) is 15.3 Å². The maximum absolute atomic E-state index is 12.1. The Morgan fingerprint density at radius 1 is 1.41 bits per heavy atom. The minimum absolute atomic E-state index is 0.272. The molecule has 9 heteroatoms. The van der Waals surface area contributed by atoms with Crippen LogP contribution >= 0.6 is 0 Å². The molecule has 0 spiro atoms. The highest BCUT2D eigenvalue weighted by Gasteiger charge is 2.36. The van der Waals surface area contributed by atoms with Crippen molar-refractivity contribution in [3.63, 3.8) is 0 Å². The normalized spacial score (nSPS) is 18.8. The quantitative estimate of drug-likeness (QED) is 0.381. The average molecular weight is 438 g/mol. The molecule has 1 unspecified atom stereocenters. The van der Waals surface area contributed by atoms with E-state index in [4.69, 9.17) is 10.5 Å². The Bertz CT molecular complexity index is 1200. The number of amides is 1. The van der Waals surface area contributed by atoms with E-state index in [1.807, 2.05) is 13.1 Å². The number of anilines is 1. The SMILES string of the molecule is CNCCC1(C=O)CCCN(c2ncc(C(N)=O)c3[nH]c4cc(C(=O)OC)ccc4c23)C1. The molecule has 1 atom stereocenters. The third-order valence-electron chi connectivity index (χ3n) is 6.32. The van der Waals surface area contributed by atoms with E-state index in [9.17, 15) is 14.4 Å². The van der Waals surface area contributed by atoms with E-state index in [0.29, 0.717) is 29.0 Å². The summed E-state index contributed by atoms with van der Waals surface area (Å²) < 4.78 is 4.82. The lowest BCUT2D eigenvalue weighted by atomic mass is 9.78. The number of fused-ring (bicyclic) bond motifs is 3. The van der Waals surface area contributed by atoms with Crippen molar-refractivity contribution >= 4 is 45.8 Å². The molecule has 1 aliphatic heterocycles. The second kappa shape index (κ2) is 8.58. The summed E-state index contributed by atoms with van der Waals surface area (Å²) in [6.45, 7) is 2.04. The van der Waals surface area contributed by atoms with E-state index >= 15 is 0 Å². The van der Waals surface area contributed by atoms with Crippen LogP contribution in [0.15, 0.2) is 24.4 Å². The van der Waals surface area contributed by atoms with Gasteiger partial charge in [-0.05, 0) is 45.0 Å². The molecule has 1 saturated heterocycles. The smallest absolute Gasteiger partial charge is 0.337 e. The summed E-state index contributed by atoms with van der Waals surface area (Å²) in [5.74, 6) is -0.350. The maximum Gasteiger partial charge on any atom is 0.337 e. The van der Waals surface area contributed by atoms with E-state index in [0.717, 1.165) is 49.4 Å². The number of carbonyl (C=O) groups excluding carboxylic acids is 3. The van der Waals surface area contributed by atoms with E-state index in [1.54, 1.807) is 12.1 Å². The average Bonchev–Trinajstić information content (AvgIpc) is 3.20. The zero-order chi connectivity index (χ0) is 22.9. The van der Waals surface area contributed by atoms with Gasteiger partial charge in [-0.1, -0.05) is 6.07 Å². The molecule has 9 nitrogen and oxygen atoms in total. The number of piperidine rings is 1. The summed E-state index contributed by atoms with van der Waals surface area (Å²) in [7, 11) is 3.20. The van der Waals surface area contributed by atoms with Gasteiger partial charge in [0.2, 0.25) is 0 Å². The molecule has 3 aromatic rings. The van der Waals surface area contributed by atoms with Crippen molar-refractivity contribution in [2.24, 2.45) is 11.1 Å². The molecule has 2 aromatic heterocycles. The molecule has 0 aliphatic carbocycles. The van der Waals surface area contributed by atoms with Gasteiger partial charge in [-0.3, -0.25) is 4.79 Å². The summed E-state index contributed by atoms with van der Waals surface area (Å²) in [5.41, 5.74) is 7.06. The number of H-pyrrole nitrogens is 1. The first-order chi connectivity index (χ1) is 15.4. The van der Waals surface area contributed by atoms with Crippen molar-refractivity contribution < 1.29 is 19.1 Å². The van der Waals surface area contributed by atoms with E-state index < -0.39 is 17.3 Å². The van der Waals surface area contributed by atoms with Gasteiger partial charge in [0.15, 0.2) is 0 Å². The fourth-order valence-corrected chi connectivity index (χ4v) is 4.63. The zero-order valence-electron chi connectivity index (χ0n) is 18.2. The van der Waals surface area contributed by atoms with Crippen molar-refractivity contribution in [2.75, 3.05) is 38.7 Å². The number of hydrogen-bond acceptors (Lipinski definition) is 7. The minimum atomic E-state index is -0.594. The molecule has 1 aliphatic rings. The van der Waals surface area contributed by atoms with Crippen molar-refractivity contribution in [3.05, 3.63) is 35.5 Å².